The van der Waals surface area contributed by atoms with E-state index in [1.165, 1.54) is 11.3 Å². The smallest absolute Gasteiger partial charge is 0.220 e. The highest BCUT2D eigenvalue weighted by atomic mass is 16.1. The van der Waals surface area contributed by atoms with Crippen LogP contribution in [-0.4, -0.2) is 50.6 Å². The molecule has 1 N–H and O–H groups in total. The lowest BCUT2D eigenvalue weighted by atomic mass is 9.58. The summed E-state index contributed by atoms with van der Waals surface area (Å²) < 4.78 is 0. The van der Waals surface area contributed by atoms with Crippen molar-refractivity contribution < 1.29 is 4.79 Å². The second-order valence-corrected chi connectivity index (χ2v) is 13.7. The van der Waals surface area contributed by atoms with Crippen LogP contribution in [0.2, 0.25) is 0 Å². The van der Waals surface area contributed by atoms with Gasteiger partial charge in [0.05, 0.1) is 11.5 Å². The molecule has 5 heteroatoms. The highest BCUT2D eigenvalue weighted by molar-refractivity contribution is 5.75. The fourth-order valence-corrected chi connectivity index (χ4v) is 7.93. The summed E-state index contributed by atoms with van der Waals surface area (Å²) in [7, 11) is 1.72. The second kappa shape index (κ2) is 12.0. The molecule has 214 valence electrons. The number of amides is 1. The number of anilines is 1. The number of hydrogen-bond acceptors (Lipinski definition) is 4. The summed E-state index contributed by atoms with van der Waals surface area (Å²) >= 11 is 0. The molecule has 0 bridgehead atoms. The van der Waals surface area contributed by atoms with E-state index in [1.54, 1.807) is 7.05 Å². The Kier molecular flexibility index (Phi) is 8.57. The Balaban J connectivity index is 1.22. The van der Waals surface area contributed by atoms with E-state index >= 15 is 0 Å². The van der Waals surface area contributed by atoms with Crippen LogP contribution in [0.1, 0.15) is 70.4 Å². The maximum absolute atomic E-state index is 12.4. The van der Waals surface area contributed by atoms with Crippen LogP contribution in [0.5, 0.6) is 0 Å². The molecule has 40 heavy (non-hydrogen) atoms. The first-order chi connectivity index (χ1) is 19.2. The van der Waals surface area contributed by atoms with Crippen molar-refractivity contribution in [1.82, 2.24) is 10.2 Å². The molecule has 1 saturated carbocycles. The highest BCUT2D eigenvalue weighted by Gasteiger charge is 2.52. The molecule has 2 saturated heterocycles. The van der Waals surface area contributed by atoms with E-state index in [2.05, 4.69) is 90.5 Å². The van der Waals surface area contributed by atoms with Gasteiger partial charge in [-0.05, 0) is 85.2 Å². The zero-order valence-corrected chi connectivity index (χ0v) is 25.0. The third kappa shape index (κ3) is 5.79. The Labute approximate surface area is 241 Å². The first kappa shape index (κ1) is 28.7. The number of likely N-dealkylation sites (tertiary alicyclic amines) is 1. The topological polar surface area (TPSA) is 59.4 Å². The summed E-state index contributed by atoms with van der Waals surface area (Å²) in [5, 5.41) is 13.8. The average Bonchev–Trinajstić information content (AvgIpc) is 3.40. The van der Waals surface area contributed by atoms with Gasteiger partial charge in [0.15, 0.2) is 0 Å². The van der Waals surface area contributed by atoms with Crippen LogP contribution in [0.3, 0.4) is 0 Å². The molecule has 3 aliphatic rings. The van der Waals surface area contributed by atoms with Gasteiger partial charge in [0.1, 0.15) is 0 Å². The van der Waals surface area contributed by atoms with Gasteiger partial charge in [-0.15, -0.1) is 0 Å². The molecule has 2 heterocycles. The number of rotatable bonds is 8. The largest absolute Gasteiger partial charge is 0.371 e. The average molecular weight is 541 g/mol. The van der Waals surface area contributed by atoms with Crippen molar-refractivity contribution in [3.63, 3.8) is 0 Å². The molecule has 5 rings (SSSR count). The van der Waals surface area contributed by atoms with E-state index in [0.29, 0.717) is 18.3 Å². The van der Waals surface area contributed by atoms with Crippen LogP contribution in [0.25, 0.3) is 0 Å². The normalized spacial score (nSPS) is 24.2. The maximum Gasteiger partial charge on any atom is 0.220 e. The number of piperidine rings is 1. The predicted octanol–water partition coefficient (Wildman–Crippen LogP) is 6.15. The quantitative estimate of drug-likeness (QED) is 0.437. The fourth-order valence-electron chi connectivity index (χ4n) is 7.93. The summed E-state index contributed by atoms with van der Waals surface area (Å²) in [6, 6.07) is 22.6. The molecule has 1 amide bonds. The summed E-state index contributed by atoms with van der Waals surface area (Å²) in [5.41, 5.74) is 3.56. The van der Waals surface area contributed by atoms with Gasteiger partial charge in [-0.1, -0.05) is 69.7 Å². The van der Waals surface area contributed by atoms with Crippen molar-refractivity contribution in [1.29, 1.82) is 5.26 Å². The van der Waals surface area contributed by atoms with Gasteiger partial charge in [-0.3, -0.25) is 4.79 Å². The van der Waals surface area contributed by atoms with E-state index < -0.39 is 5.41 Å². The molecular weight excluding hydrogens is 492 g/mol. The number of carbonyl (C=O) groups is 1. The van der Waals surface area contributed by atoms with E-state index in [-0.39, 0.29) is 23.2 Å². The zero-order chi connectivity index (χ0) is 28.3. The molecule has 5 nitrogen and oxygen atoms in total. The van der Waals surface area contributed by atoms with E-state index in [0.717, 1.165) is 70.4 Å². The minimum Gasteiger partial charge on any atom is -0.371 e. The number of nitriles is 1. The Morgan fingerprint density at radius 3 is 2.23 bits per heavy atom. The van der Waals surface area contributed by atoms with Crippen molar-refractivity contribution >= 4 is 11.6 Å². The molecule has 2 aromatic rings. The van der Waals surface area contributed by atoms with Crippen molar-refractivity contribution in [2.24, 2.45) is 23.7 Å². The number of carbonyl (C=O) groups excluding carboxylic acids is 1. The van der Waals surface area contributed by atoms with E-state index in [4.69, 9.17) is 0 Å². The first-order valence-corrected chi connectivity index (χ1v) is 15.5. The SMILES string of the molecule is CNC(=O)C[C@H]1CCC[C@@H]1C(C#N)(c1ccccc1)C1CCN(CC2CN(c3ccc(C(C)(C)C)cc3)C2)CC1. The number of hydrogen-bond donors (Lipinski definition) is 1. The van der Waals surface area contributed by atoms with Gasteiger partial charge in [-0.25, -0.2) is 0 Å². The molecule has 3 fully saturated rings. The third-order valence-electron chi connectivity index (χ3n) is 10.2. The van der Waals surface area contributed by atoms with Crippen molar-refractivity contribution in [3.8, 4) is 6.07 Å². The Morgan fingerprint density at radius 1 is 0.950 bits per heavy atom. The van der Waals surface area contributed by atoms with Gasteiger partial charge in [0.25, 0.3) is 0 Å². The zero-order valence-electron chi connectivity index (χ0n) is 25.0. The van der Waals surface area contributed by atoms with Crippen LogP contribution in [0.4, 0.5) is 5.69 Å². The summed E-state index contributed by atoms with van der Waals surface area (Å²) in [6.45, 7) is 12.3. The lowest BCUT2D eigenvalue weighted by Gasteiger charge is -2.48. The van der Waals surface area contributed by atoms with E-state index in [9.17, 15) is 10.1 Å². The molecule has 1 unspecified atom stereocenters. The van der Waals surface area contributed by atoms with Crippen molar-refractivity contribution in [2.75, 3.05) is 44.7 Å². The van der Waals surface area contributed by atoms with Crippen LogP contribution in [0.15, 0.2) is 54.6 Å². The third-order valence-corrected chi connectivity index (χ3v) is 10.2. The van der Waals surface area contributed by atoms with Crippen LogP contribution in [-0.2, 0) is 15.6 Å². The number of nitrogens with zero attached hydrogens (tertiary/aromatic N) is 3. The summed E-state index contributed by atoms with van der Waals surface area (Å²) in [4.78, 5) is 17.5. The Morgan fingerprint density at radius 2 is 1.62 bits per heavy atom. The number of benzene rings is 2. The predicted molar refractivity (Wildman–Crippen MR) is 163 cm³/mol. The molecule has 0 spiro atoms. The Hall–Kier alpha value is -2.84. The lowest BCUT2D eigenvalue weighted by Crippen LogP contribution is -2.54. The van der Waals surface area contributed by atoms with Gasteiger partial charge < -0.3 is 15.1 Å². The highest BCUT2D eigenvalue weighted by Crippen LogP contribution is 2.53. The van der Waals surface area contributed by atoms with Crippen molar-refractivity contribution in [2.45, 2.75) is 70.1 Å². The maximum atomic E-state index is 12.4. The fraction of sp³-hybridized carbons (Fsp3) is 0.600. The van der Waals surface area contributed by atoms with Gasteiger partial charge >= 0.3 is 0 Å². The van der Waals surface area contributed by atoms with Gasteiger partial charge in [0, 0.05) is 44.7 Å². The standard InChI is InChI=1S/C35H48N4O/c1-34(2,3)28-13-15-31(16-14-28)39-23-26(24-39)22-38-19-17-30(18-20-38)35(25-36,29-10-6-5-7-11-29)32-12-8-9-27(32)21-33(40)37-4/h5-7,10-11,13-16,26-27,30,32H,8-9,12,17-24H2,1-4H3,(H,37,40)/t27-,32+,35?/m1/s1. The van der Waals surface area contributed by atoms with E-state index in [1.807, 2.05) is 6.07 Å². The number of nitrogens with one attached hydrogen (secondary N) is 1. The Bertz CT molecular complexity index is 1170. The molecule has 0 radical (unpaired) electrons. The molecule has 0 aromatic heterocycles. The monoisotopic (exact) mass is 540 g/mol. The first-order valence-electron chi connectivity index (χ1n) is 15.5. The van der Waals surface area contributed by atoms with Crippen LogP contribution in [0, 0.1) is 35.0 Å². The molecular formula is C35H48N4O. The van der Waals surface area contributed by atoms with Gasteiger partial charge in [-0.2, -0.15) is 5.26 Å². The van der Waals surface area contributed by atoms with Gasteiger partial charge in [0.2, 0.25) is 5.91 Å². The molecule has 3 atom stereocenters. The minimum atomic E-state index is -0.519. The van der Waals surface area contributed by atoms with Crippen LogP contribution < -0.4 is 10.2 Å². The minimum absolute atomic E-state index is 0.103. The lowest BCUT2D eigenvalue weighted by molar-refractivity contribution is -0.122. The molecule has 2 aromatic carbocycles. The summed E-state index contributed by atoms with van der Waals surface area (Å²) in [6.07, 6.45) is 5.84. The van der Waals surface area contributed by atoms with Crippen LogP contribution >= 0.6 is 0 Å². The molecule has 1 aliphatic carbocycles. The second-order valence-electron chi connectivity index (χ2n) is 13.7. The van der Waals surface area contributed by atoms with Crippen molar-refractivity contribution in [3.05, 3.63) is 65.7 Å². The summed E-state index contributed by atoms with van der Waals surface area (Å²) in [5.74, 6) is 1.65. The molecule has 2 aliphatic heterocycles.